The highest BCUT2D eigenvalue weighted by atomic mass is 35.5. The zero-order valence-corrected chi connectivity index (χ0v) is 12.6. The topological polar surface area (TPSA) is 68.0 Å². The lowest BCUT2D eigenvalue weighted by Gasteiger charge is -2.11. The van der Waals surface area contributed by atoms with E-state index in [2.05, 4.69) is 10.3 Å². The Kier molecular flexibility index (Phi) is 5.55. The molecule has 2 aromatic rings. The number of hydrogen-bond donors (Lipinski definition) is 2. The molecule has 124 valence electrons. The summed E-state index contributed by atoms with van der Waals surface area (Å²) in [5, 5.41) is 2.34. The van der Waals surface area contributed by atoms with Gasteiger partial charge in [0.2, 0.25) is 0 Å². The maximum absolute atomic E-state index is 13.1. The Labute approximate surface area is 135 Å². The highest BCUT2D eigenvalue weighted by Gasteiger charge is 2.33. The predicted octanol–water partition coefficient (Wildman–Crippen LogP) is 3.80. The van der Waals surface area contributed by atoms with Gasteiger partial charge in [-0.05, 0) is 37.3 Å². The first-order valence-corrected chi connectivity index (χ1v) is 6.09. The molecule has 4 nitrogen and oxygen atoms in total. The summed E-state index contributed by atoms with van der Waals surface area (Å²) in [5.74, 6) is -1.33. The van der Waals surface area contributed by atoms with Crippen LogP contribution in [0.2, 0.25) is 0 Å². The molecule has 1 aromatic carbocycles. The fourth-order valence-electron chi connectivity index (χ4n) is 1.79. The number of nitrogens with one attached hydrogen (secondary N) is 1. The molecule has 0 aliphatic carbocycles. The second-order valence-electron chi connectivity index (χ2n) is 4.51. The predicted molar refractivity (Wildman–Crippen MR) is 80.0 cm³/mol. The van der Waals surface area contributed by atoms with E-state index in [1.807, 2.05) is 0 Å². The Morgan fingerprint density at radius 3 is 2.43 bits per heavy atom. The number of amides is 1. The smallest absolute Gasteiger partial charge is 0.397 e. The lowest BCUT2D eigenvalue weighted by molar-refractivity contribution is -0.141. The van der Waals surface area contributed by atoms with Gasteiger partial charge in [0.15, 0.2) is 0 Å². The molecule has 0 aliphatic rings. The number of benzene rings is 1. The van der Waals surface area contributed by atoms with E-state index in [0.29, 0.717) is 6.07 Å². The Hall–Kier alpha value is -2.35. The molecule has 3 N–H and O–H groups in total. The highest BCUT2D eigenvalue weighted by molar-refractivity contribution is 6.06. The third-order valence-electron chi connectivity index (χ3n) is 2.88. The first-order valence-electron chi connectivity index (χ1n) is 6.09. The van der Waals surface area contributed by atoms with E-state index >= 15 is 0 Å². The van der Waals surface area contributed by atoms with Crippen molar-refractivity contribution in [2.24, 2.45) is 0 Å². The minimum Gasteiger partial charge on any atom is -0.397 e. The fourth-order valence-corrected chi connectivity index (χ4v) is 1.79. The van der Waals surface area contributed by atoms with Crippen molar-refractivity contribution in [3.63, 3.8) is 0 Å². The van der Waals surface area contributed by atoms with E-state index in [1.54, 1.807) is 0 Å². The molecule has 0 saturated heterocycles. The summed E-state index contributed by atoms with van der Waals surface area (Å²) in [7, 11) is 0. The molecule has 2 rings (SSSR count). The lowest BCUT2D eigenvalue weighted by atomic mass is 10.1. The zero-order chi connectivity index (χ0) is 16.5. The maximum atomic E-state index is 13.1. The van der Waals surface area contributed by atoms with Crippen molar-refractivity contribution in [1.82, 2.24) is 4.98 Å². The summed E-state index contributed by atoms with van der Waals surface area (Å²) in [6.07, 6.45) is -4.59. The number of hydrogen-bond acceptors (Lipinski definition) is 3. The minimum atomic E-state index is -4.59. The number of rotatable bonds is 2. The number of nitrogens with zero attached hydrogens (tertiary/aromatic N) is 1. The Morgan fingerprint density at radius 2 is 1.87 bits per heavy atom. The minimum absolute atomic E-state index is 0. The third kappa shape index (κ3) is 4.32. The molecule has 1 heterocycles. The molecule has 0 aliphatic heterocycles. The van der Waals surface area contributed by atoms with Crippen LogP contribution in [0.4, 0.5) is 28.9 Å². The SMILES string of the molecule is Cc1nc(C(F)(F)F)ccc1C(=O)Nc1cc(F)ccc1N.Cl. The van der Waals surface area contributed by atoms with Gasteiger partial charge in [0.05, 0.1) is 22.6 Å². The fraction of sp³-hybridized carbons (Fsp3) is 0.143. The van der Waals surface area contributed by atoms with Gasteiger partial charge in [-0.2, -0.15) is 13.2 Å². The molecule has 0 unspecified atom stereocenters. The van der Waals surface area contributed by atoms with Gasteiger partial charge >= 0.3 is 6.18 Å². The van der Waals surface area contributed by atoms with Gasteiger partial charge in [-0.15, -0.1) is 12.4 Å². The number of nitrogen functional groups attached to an aromatic ring is 1. The van der Waals surface area contributed by atoms with Crippen LogP contribution in [0.1, 0.15) is 21.7 Å². The van der Waals surface area contributed by atoms with Crippen LogP contribution in [-0.2, 0) is 6.18 Å². The van der Waals surface area contributed by atoms with Crippen LogP contribution in [0.3, 0.4) is 0 Å². The van der Waals surface area contributed by atoms with Crippen LogP contribution in [0.25, 0.3) is 0 Å². The summed E-state index contributed by atoms with van der Waals surface area (Å²) >= 11 is 0. The number of halogens is 5. The van der Waals surface area contributed by atoms with E-state index in [1.165, 1.54) is 13.0 Å². The first kappa shape index (κ1) is 18.7. The lowest BCUT2D eigenvalue weighted by Crippen LogP contribution is -2.17. The van der Waals surface area contributed by atoms with Gasteiger partial charge in [0, 0.05) is 0 Å². The summed E-state index contributed by atoms with van der Waals surface area (Å²) in [4.78, 5) is 15.4. The molecular weight excluding hydrogens is 338 g/mol. The van der Waals surface area contributed by atoms with E-state index < -0.39 is 23.6 Å². The van der Waals surface area contributed by atoms with Crippen molar-refractivity contribution in [3.8, 4) is 0 Å². The van der Waals surface area contributed by atoms with Gasteiger partial charge in [0.25, 0.3) is 5.91 Å². The molecular formula is C14H12ClF4N3O. The van der Waals surface area contributed by atoms with Crippen molar-refractivity contribution < 1.29 is 22.4 Å². The van der Waals surface area contributed by atoms with Crippen LogP contribution < -0.4 is 11.1 Å². The molecule has 0 fully saturated rings. The van der Waals surface area contributed by atoms with E-state index in [-0.39, 0.29) is 35.0 Å². The maximum Gasteiger partial charge on any atom is 0.433 e. The number of anilines is 2. The van der Waals surface area contributed by atoms with Crippen molar-refractivity contribution in [1.29, 1.82) is 0 Å². The molecule has 9 heteroatoms. The number of carbonyl (C=O) groups excluding carboxylic acids is 1. The van der Waals surface area contributed by atoms with Crippen molar-refractivity contribution in [2.45, 2.75) is 13.1 Å². The number of pyridine rings is 1. The Morgan fingerprint density at radius 1 is 1.22 bits per heavy atom. The first-order chi connectivity index (χ1) is 10.2. The second kappa shape index (κ2) is 6.82. The number of alkyl halides is 3. The highest BCUT2D eigenvalue weighted by Crippen LogP contribution is 2.28. The number of nitrogens with two attached hydrogens (primary N) is 1. The average molecular weight is 350 g/mol. The van der Waals surface area contributed by atoms with Gasteiger partial charge in [-0.1, -0.05) is 0 Å². The van der Waals surface area contributed by atoms with Crippen molar-refractivity contribution >= 4 is 29.7 Å². The third-order valence-corrected chi connectivity index (χ3v) is 2.88. The molecule has 23 heavy (non-hydrogen) atoms. The van der Waals surface area contributed by atoms with E-state index in [9.17, 15) is 22.4 Å². The van der Waals surface area contributed by atoms with Crippen molar-refractivity contribution in [3.05, 3.63) is 53.1 Å². The largest absolute Gasteiger partial charge is 0.433 e. The van der Waals surface area contributed by atoms with Gasteiger partial charge in [0.1, 0.15) is 11.5 Å². The molecule has 1 aromatic heterocycles. The number of carbonyl (C=O) groups is 1. The standard InChI is InChI=1S/C14H11F4N3O.ClH/c1-7-9(3-5-12(20-7)14(16,17)18)13(22)21-11-6-8(15)2-4-10(11)19;/h2-6H,19H2,1H3,(H,21,22);1H. The molecule has 0 saturated carbocycles. The quantitative estimate of drug-likeness (QED) is 0.640. The number of aryl methyl sites for hydroxylation is 1. The monoisotopic (exact) mass is 349 g/mol. The van der Waals surface area contributed by atoms with E-state index in [0.717, 1.165) is 18.2 Å². The van der Waals surface area contributed by atoms with Crippen LogP contribution >= 0.6 is 12.4 Å². The normalized spacial score (nSPS) is 10.8. The van der Waals surface area contributed by atoms with Crippen LogP contribution in [-0.4, -0.2) is 10.9 Å². The Balaban J connectivity index is 0.00000264. The summed E-state index contributed by atoms with van der Waals surface area (Å²) in [6, 6.07) is 5.12. The second-order valence-corrected chi connectivity index (χ2v) is 4.51. The molecule has 1 amide bonds. The molecule has 0 radical (unpaired) electrons. The van der Waals surface area contributed by atoms with Gasteiger partial charge in [-0.25, -0.2) is 9.37 Å². The Bertz CT molecular complexity index is 734. The zero-order valence-electron chi connectivity index (χ0n) is 11.7. The van der Waals surface area contributed by atoms with Gasteiger partial charge < -0.3 is 11.1 Å². The van der Waals surface area contributed by atoms with Gasteiger partial charge in [-0.3, -0.25) is 4.79 Å². The molecule has 0 atom stereocenters. The van der Waals surface area contributed by atoms with Crippen LogP contribution in [0.15, 0.2) is 30.3 Å². The summed E-state index contributed by atoms with van der Waals surface area (Å²) in [5.41, 5.74) is 4.51. The average Bonchev–Trinajstić information content (AvgIpc) is 2.41. The summed E-state index contributed by atoms with van der Waals surface area (Å²) in [6.45, 7) is 1.28. The number of aromatic nitrogens is 1. The van der Waals surface area contributed by atoms with Crippen LogP contribution in [0, 0.1) is 12.7 Å². The van der Waals surface area contributed by atoms with Crippen molar-refractivity contribution in [2.75, 3.05) is 11.1 Å². The van der Waals surface area contributed by atoms with E-state index in [4.69, 9.17) is 5.73 Å². The molecule has 0 spiro atoms. The van der Waals surface area contributed by atoms with Crippen LogP contribution in [0.5, 0.6) is 0 Å². The molecule has 0 bridgehead atoms. The summed E-state index contributed by atoms with van der Waals surface area (Å²) < 4.78 is 50.7.